The van der Waals surface area contributed by atoms with Crippen molar-refractivity contribution in [3.05, 3.63) is 64.7 Å². The lowest BCUT2D eigenvalue weighted by molar-refractivity contribution is 0.474. The summed E-state index contributed by atoms with van der Waals surface area (Å²) in [6.45, 7) is 3.50. The Bertz CT molecular complexity index is 760. The van der Waals surface area contributed by atoms with E-state index in [1.165, 1.54) is 6.07 Å². The van der Waals surface area contributed by atoms with Crippen LogP contribution in [0, 0.1) is 22.7 Å². The topological polar surface area (TPSA) is 144 Å². The molecule has 0 unspecified atom stereocenters. The summed E-state index contributed by atoms with van der Waals surface area (Å²) in [5.41, 5.74) is 13.5. The molecular formula is C17H17N5O. The van der Waals surface area contributed by atoms with Gasteiger partial charge in [0.1, 0.15) is 17.4 Å². The third-order valence-corrected chi connectivity index (χ3v) is 3.02. The van der Waals surface area contributed by atoms with E-state index in [2.05, 4.69) is 6.57 Å². The molecule has 2 aromatic rings. The fraction of sp³-hybridized carbons (Fsp3) is 0. The molecule has 0 radical (unpaired) electrons. The summed E-state index contributed by atoms with van der Waals surface area (Å²) >= 11 is 0. The number of rotatable bonds is 4. The Labute approximate surface area is 134 Å². The number of aromatic hydroxyl groups is 1. The number of hydrogen-bond donors (Lipinski definition) is 5. The van der Waals surface area contributed by atoms with Crippen molar-refractivity contribution in [2.75, 3.05) is 0 Å². The van der Waals surface area contributed by atoms with Gasteiger partial charge >= 0.3 is 0 Å². The lowest BCUT2D eigenvalue weighted by Gasteiger charge is -2.03. The van der Waals surface area contributed by atoms with Crippen LogP contribution in [0.15, 0.2) is 42.5 Å². The molecule has 0 spiro atoms. The van der Waals surface area contributed by atoms with Crippen molar-refractivity contribution in [1.82, 2.24) is 0 Å². The molecule has 0 saturated carbocycles. The van der Waals surface area contributed by atoms with Gasteiger partial charge in [-0.1, -0.05) is 48.6 Å². The van der Waals surface area contributed by atoms with Gasteiger partial charge in [0, 0.05) is 23.3 Å². The van der Waals surface area contributed by atoms with Gasteiger partial charge in [0.2, 0.25) is 0 Å². The summed E-state index contributed by atoms with van der Waals surface area (Å²) in [6.07, 6.45) is 3.61. The van der Waals surface area contributed by atoms with Gasteiger partial charge < -0.3 is 16.6 Å². The second-order valence-corrected chi connectivity index (χ2v) is 4.56. The Morgan fingerprint density at radius 3 is 1.91 bits per heavy atom. The van der Waals surface area contributed by atoms with Gasteiger partial charge in [0.25, 0.3) is 0 Å². The maximum absolute atomic E-state index is 9.89. The van der Waals surface area contributed by atoms with Crippen molar-refractivity contribution >= 4 is 23.8 Å². The highest BCUT2D eigenvalue weighted by Gasteiger charge is 2.02. The van der Waals surface area contributed by atoms with Crippen LogP contribution in [0.5, 0.6) is 5.75 Å². The van der Waals surface area contributed by atoms with Gasteiger partial charge in [-0.15, -0.1) is 0 Å². The first-order valence-corrected chi connectivity index (χ1v) is 6.53. The fourth-order valence-electron chi connectivity index (χ4n) is 1.81. The fourth-order valence-corrected chi connectivity index (χ4v) is 1.81. The maximum Gasteiger partial charge on any atom is 0.123 e. The molecule has 6 nitrogen and oxygen atoms in total. The first kappa shape index (κ1) is 17.5. The van der Waals surface area contributed by atoms with Crippen molar-refractivity contribution in [1.29, 1.82) is 16.1 Å². The van der Waals surface area contributed by atoms with Gasteiger partial charge in [-0.25, -0.2) is 5.26 Å². The molecule has 0 atom stereocenters. The number of benzene rings is 2. The van der Waals surface area contributed by atoms with Crippen LogP contribution in [0.3, 0.4) is 0 Å². The standard InChI is InChI=1S/C16H16N4O.CHN/c17-15(18)12-5-2-10(3-6-12)1-4-11-7-8-13(16(19)20)9-14(11)21;1-2/h1-9,21H,(H3,17,18)(H3,19,20);1H. The Kier molecular flexibility index (Phi) is 6.07. The molecule has 2 rings (SSSR count). The third-order valence-electron chi connectivity index (χ3n) is 3.02. The van der Waals surface area contributed by atoms with Crippen LogP contribution in [-0.4, -0.2) is 16.8 Å². The number of hydrogen-bond acceptors (Lipinski definition) is 4. The number of nitrogens with one attached hydrogen (secondary N) is 2. The van der Waals surface area contributed by atoms with E-state index in [1.54, 1.807) is 30.3 Å². The number of phenolic OH excluding ortho intramolecular Hbond substituents is 1. The quantitative estimate of drug-likeness (QED) is 0.335. The number of nitriles is 1. The van der Waals surface area contributed by atoms with Gasteiger partial charge in [0.05, 0.1) is 0 Å². The maximum atomic E-state index is 9.89. The van der Waals surface area contributed by atoms with Crippen molar-refractivity contribution in [3.63, 3.8) is 0 Å². The van der Waals surface area contributed by atoms with E-state index in [9.17, 15) is 5.11 Å². The monoisotopic (exact) mass is 307 g/mol. The predicted octanol–water partition coefficient (Wildman–Crippen LogP) is 2.27. The second kappa shape index (κ2) is 8.00. The molecule has 23 heavy (non-hydrogen) atoms. The SMILES string of the molecule is C#N.N=C(N)c1ccc(C=Cc2ccc(C(=N)N)cc2O)cc1. The minimum absolute atomic E-state index is 0.0306. The van der Waals surface area contributed by atoms with Crippen molar-refractivity contribution in [2.45, 2.75) is 0 Å². The zero-order valence-corrected chi connectivity index (χ0v) is 12.3. The highest BCUT2D eigenvalue weighted by atomic mass is 16.3. The van der Waals surface area contributed by atoms with Crippen molar-refractivity contribution in [2.24, 2.45) is 11.5 Å². The minimum atomic E-state index is -0.0827. The van der Waals surface area contributed by atoms with E-state index in [4.69, 9.17) is 27.5 Å². The van der Waals surface area contributed by atoms with Gasteiger partial charge in [-0.3, -0.25) is 10.8 Å². The summed E-state index contributed by atoms with van der Waals surface area (Å²) in [7, 11) is 0. The van der Waals surface area contributed by atoms with Crippen LogP contribution in [0.25, 0.3) is 12.2 Å². The van der Waals surface area contributed by atoms with Crippen LogP contribution in [0.1, 0.15) is 22.3 Å². The van der Waals surface area contributed by atoms with E-state index < -0.39 is 0 Å². The van der Waals surface area contributed by atoms with E-state index in [0.717, 1.165) is 5.56 Å². The molecule has 0 fully saturated rings. The summed E-state index contributed by atoms with van der Waals surface area (Å²) in [5, 5.41) is 31.0. The van der Waals surface area contributed by atoms with Crippen molar-refractivity contribution in [3.8, 4) is 12.3 Å². The van der Waals surface area contributed by atoms with Crippen LogP contribution < -0.4 is 11.5 Å². The average Bonchev–Trinajstić information content (AvgIpc) is 2.55. The molecule has 116 valence electrons. The molecule has 0 aliphatic carbocycles. The summed E-state index contributed by atoms with van der Waals surface area (Å²) in [6, 6.07) is 12.1. The number of phenols is 1. The molecule has 7 N–H and O–H groups in total. The first-order valence-electron chi connectivity index (χ1n) is 6.53. The Morgan fingerprint density at radius 1 is 0.913 bits per heavy atom. The van der Waals surface area contributed by atoms with E-state index in [1.807, 2.05) is 18.2 Å². The highest BCUT2D eigenvalue weighted by Crippen LogP contribution is 2.21. The summed E-state index contributed by atoms with van der Waals surface area (Å²) in [4.78, 5) is 0. The van der Waals surface area contributed by atoms with E-state index in [-0.39, 0.29) is 17.4 Å². The van der Waals surface area contributed by atoms with Gasteiger partial charge in [0.15, 0.2) is 0 Å². The van der Waals surface area contributed by atoms with Gasteiger partial charge in [-0.05, 0) is 11.6 Å². The lowest BCUT2D eigenvalue weighted by atomic mass is 10.1. The molecule has 0 aromatic heterocycles. The smallest absolute Gasteiger partial charge is 0.123 e. The summed E-state index contributed by atoms with van der Waals surface area (Å²) in [5.74, 6) is 0.0166. The first-order chi connectivity index (χ1) is 11.0. The molecule has 6 heteroatoms. The number of nitrogens with two attached hydrogens (primary N) is 2. The summed E-state index contributed by atoms with van der Waals surface area (Å²) < 4.78 is 0. The molecule has 0 aliphatic rings. The molecular weight excluding hydrogens is 290 g/mol. The zero-order valence-electron chi connectivity index (χ0n) is 12.3. The molecule has 0 saturated heterocycles. The molecule has 0 aliphatic heterocycles. The van der Waals surface area contributed by atoms with Crippen molar-refractivity contribution < 1.29 is 5.11 Å². The lowest BCUT2D eigenvalue weighted by Crippen LogP contribution is -2.10. The van der Waals surface area contributed by atoms with E-state index >= 15 is 0 Å². The number of amidine groups is 2. The third kappa shape index (κ3) is 4.72. The molecule has 0 heterocycles. The predicted molar refractivity (Wildman–Crippen MR) is 92.2 cm³/mol. The van der Waals surface area contributed by atoms with Gasteiger partial charge in [-0.2, -0.15) is 0 Å². The normalized spacial score (nSPS) is 9.83. The zero-order chi connectivity index (χ0) is 17.4. The van der Waals surface area contributed by atoms with E-state index in [0.29, 0.717) is 16.7 Å². The van der Waals surface area contributed by atoms with Crippen LogP contribution in [-0.2, 0) is 0 Å². The highest BCUT2D eigenvalue weighted by molar-refractivity contribution is 5.96. The van der Waals surface area contributed by atoms with Crippen LogP contribution in [0.4, 0.5) is 0 Å². The Morgan fingerprint density at radius 2 is 1.43 bits per heavy atom. The number of nitrogens with zero attached hydrogens (tertiary/aromatic N) is 1. The molecule has 0 amide bonds. The molecule has 2 aromatic carbocycles. The number of nitrogen functional groups attached to an aromatic ring is 2. The molecule has 0 bridgehead atoms. The Hall–Kier alpha value is -3.59. The van der Waals surface area contributed by atoms with Crippen LogP contribution in [0.2, 0.25) is 0 Å². The average molecular weight is 307 g/mol. The second-order valence-electron chi connectivity index (χ2n) is 4.56. The minimum Gasteiger partial charge on any atom is -0.507 e. The largest absolute Gasteiger partial charge is 0.507 e. The van der Waals surface area contributed by atoms with Crippen LogP contribution >= 0.6 is 0 Å². The Balaban J connectivity index is 0.00000127.